The van der Waals surface area contributed by atoms with Gasteiger partial charge in [-0.3, -0.25) is 4.79 Å². The number of anilines is 1. The minimum atomic E-state index is -0.156. The van der Waals surface area contributed by atoms with Gasteiger partial charge in [0.05, 0.1) is 10.6 Å². The molecule has 2 aromatic rings. The third kappa shape index (κ3) is 3.62. The quantitative estimate of drug-likeness (QED) is 0.334. The number of thiophene rings is 1. The van der Waals surface area contributed by atoms with E-state index in [0.29, 0.717) is 20.6 Å². The Morgan fingerprint density at radius 3 is 2.76 bits per heavy atom. The van der Waals surface area contributed by atoms with Gasteiger partial charge in [0.1, 0.15) is 0 Å². The van der Waals surface area contributed by atoms with E-state index < -0.39 is 0 Å². The minimum absolute atomic E-state index is 0.0134. The molecule has 0 aliphatic heterocycles. The van der Waals surface area contributed by atoms with E-state index in [1.807, 2.05) is 12.1 Å². The maximum Gasteiger partial charge on any atom is 0.265 e. The largest absolute Gasteiger partial charge is 0.409 e. The molecule has 0 radical (unpaired) electrons. The highest BCUT2D eigenvalue weighted by atomic mass is 79.9. The van der Waals surface area contributed by atoms with E-state index in [4.69, 9.17) is 10.9 Å². The maximum absolute atomic E-state index is 12.2. The van der Waals surface area contributed by atoms with Crippen molar-refractivity contribution in [1.82, 2.24) is 0 Å². The van der Waals surface area contributed by atoms with Gasteiger partial charge in [0, 0.05) is 14.9 Å². The number of amides is 1. The summed E-state index contributed by atoms with van der Waals surface area (Å²) in [6, 6.07) is 8.81. The SMILES string of the molecule is CCc1ccc(C(=O)Nc2ccc(/C(N)=N/O)cc2Br)s1. The molecule has 0 fully saturated rings. The molecule has 1 amide bonds. The van der Waals surface area contributed by atoms with Gasteiger partial charge < -0.3 is 16.3 Å². The highest BCUT2D eigenvalue weighted by Gasteiger charge is 2.11. The van der Waals surface area contributed by atoms with Crippen LogP contribution in [0.4, 0.5) is 5.69 Å². The number of hydrogen-bond donors (Lipinski definition) is 3. The molecular weight excluding hydrogens is 354 g/mol. The molecule has 0 atom stereocenters. The Morgan fingerprint density at radius 1 is 1.43 bits per heavy atom. The standard InChI is InChI=1S/C14H14BrN3O2S/c1-2-9-4-6-12(21-9)14(19)17-11-5-3-8(7-10(11)15)13(16)18-20/h3-7,20H,2H2,1H3,(H2,16,18)(H,17,19). The van der Waals surface area contributed by atoms with E-state index in [1.165, 1.54) is 16.2 Å². The van der Waals surface area contributed by atoms with E-state index in [1.54, 1.807) is 18.2 Å². The van der Waals surface area contributed by atoms with Crippen molar-refractivity contribution >= 4 is 44.7 Å². The van der Waals surface area contributed by atoms with Crippen LogP contribution in [-0.4, -0.2) is 17.0 Å². The molecule has 110 valence electrons. The van der Waals surface area contributed by atoms with E-state index >= 15 is 0 Å². The summed E-state index contributed by atoms with van der Waals surface area (Å²) in [7, 11) is 0. The lowest BCUT2D eigenvalue weighted by Gasteiger charge is -2.08. The second-order valence-corrected chi connectivity index (χ2v) is 6.28. The lowest BCUT2D eigenvalue weighted by Crippen LogP contribution is -2.14. The highest BCUT2D eigenvalue weighted by molar-refractivity contribution is 9.10. The van der Waals surface area contributed by atoms with Crippen LogP contribution in [0.2, 0.25) is 0 Å². The average molecular weight is 368 g/mol. The maximum atomic E-state index is 12.2. The summed E-state index contributed by atoms with van der Waals surface area (Å²) in [6.45, 7) is 2.05. The van der Waals surface area contributed by atoms with Crippen molar-refractivity contribution in [3.05, 3.63) is 50.1 Å². The van der Waals surface area contributed by atoms with Gasteiger partial charge in [-0.25, -0.2) is 0 Å². The lowest BCUT2D eigenvalue weighted by atomic mass is 10.2. The summed E-state index contributed by atoms with van der Waals surface area (Å²) >= 11 is 4.84. The summed E-state index contributed by atoms with van der Waals surface area (Å²) in [6.07, 6.45) is 0.913. The van der Waals surface area contributed by atoms with E-state index in [2.05, 4.69) is 33.3 Å². The first-order chi connectivity index (χ1) is 10.0. The van der Waals surface area contributed by atoms with Crippen LogP contribution in [0.1, 0.15) is 27.0 Å². The molecule has 0 saturated carbocycles. The van der Waals surface area contributed by atoms with Gasteiger partial charge >= 0.3 is 0 Å². The van der Waals surface area contributed by atoms with Crippen LogP contribution in [0.25, 0.3) is 0 Å². The average Bonchev–Trinajstić information content (AvgIpc) is 2.97. The molecule has 0 bridgehead atoms. The number of benzene rings is 1. The number of carbonyl (C=O) groups is 1. The van der Waals surface area contributed by atoms with Crippen LogP contribution in [0.15, 0.2) is 40.0 Å². The minimum Gasteiger partial charge on any atom is -0.409 e. The summed E-state index contributed by atoms with van der Waals surface area (Å²) in [5.41, 5.74) is 6.70. The number of hydrogen-bond acceptors (Lipinski definition) is 4. The van der Waals surface area contributed by atoms with Gasteiger partial charge in [-0.05, 0) is 52.7 Å². The molecule has 5 nitrogen and oxygen atoms in total. The van der Waals surface area contributed by atoms with Crippen LogP contribution in [-0.2, 0) is 6.42 Å². The van der Waals surface area contributed by atoms with Gasteiger partial charge in [0.25, 0.3) is 5.91 Å². The second kappa shape index (κ2) is 6.73. The smallest absolute Gasteiger partial charge is 0.265 e. The number of amidine groups is 1. The molecule has 1 heterocycles. The summed E-state index contributed by atoms with van der Waals surface area (Å²) in [4.78, 5) is 14.0. The number of oxime groups is 1. The summed E-state index contributed by atoms with van der Waals surface area (Å²) in [5.74, 6) is -0.142. The molecule has 7 heteroatoms. The number of carbonyl (C=O) groups excluding carboxylic acids is 1. The predicted molar refractivity (Wildman–Crippen MR) is 88.3 cm³/mol. The Kier molecular flexibility index (Phi) is 4.98. The monoisotopic (exact) mass is 367 g/mol. The molecular formula is C14H14BrN3O2S. The van der Waals surface area contributed by atoms with Gasteiger partial charge in [-0.15, -0.1) is 11.3 Å². The zero-order valence-electron chi connectivity index (χ0n) is 11.3. The Morgan fingerprint density at radius 2 is 2.19 bits per heavy atom. The van der Waals surface area contributed by atoms with Crippen molar-refractivity contribution < 1.29 is 10.0 Å². The fraction of sp³-hybridized carbons (Fsp3) is 0.143. The highest BCUT2D eigenvalue weighted by Crippen LogP contribution is 2.25. The second-order valence-electron chi connectivity index (χ2n) is 4.25. The number of nitrogens with zero attached hydrogens (tertiary/aromatic N) is 1. The number of aryl methyl sites for hydroxylation is 1. The van der Waals surface area contributed by atoms with Crippen molar-refractivity contribution in [2.24, 2.45) is 10.9 Å². The van der Waals surface area contributed by atoms with Crippen LogP contribution in [0.3, 0.4) is 0 Å². The molecule has 0 spiro atoms. The number of nitrogens with two attached hydrogens (primary N) is 1. The molecule has 21 heavy (non-hydrogen) atoms. The topological polar surface area (TPSA) is 87.7 Å². The molecule has 0 aliphatic carbocycles. The van der Waals surface area contributed by atoms with Crippen molar-refractivity contribution in [1.29, 1.82) is 0 Å². The molecule has 1 aromatic carbocycles. The fourth-order valence-electron chi connectivity index (χ4n) is 1.71. The first-order valence-electron chi connectivity index (χ1n) is 6.22. The van der Waals surface area contributed by atoms with Crippen LogP contribution in [0.5, 0.6) is 0 Å². The zero-order chi connectivity index (χ0) is 15.4. The van der Waals surface area contributed by atoms with Gasteiger partial charge in [0.15, 0.2) is 5.84 Å². The molecule has 4 N–H and O–H groups in total. The molecule has 2 rings (SSSR count). The molecule has 1 aromatic heterocycles. The van der Waals surface area contributed by atoms with Crippen LogP contribution < -0.4 is 11.1 Å². The van der Waals surface area contributed by atoms with E-state index in [-0.39, 0.29) is 11.7 Å². The fourth-order valence-corrected chi connectivity index (χ4v) is 3.03. The van der Waals surface area contributed by atoms with Crippen LogP contribution >= 0.6 is 27.3 Å². The van der Waals surface area contributed by atoms with E-state index in [9.17, 15) is 4.79 Å². The number of nitrogens with one attached hydrogen (secondary N) is 1. The Hall–Kier alpha value is -1.86. The first-order valence-corrected chi connectivity index (χ1v) is 7.83. The van der Waals surface area contributed by atoms with Gasteiger partial charge in [-0.1, -0.05) is 12.1 Å². The molecule has 0 aliphatic rings. The van der Waals surface area contributed by atoms with Crippen LogP contribution in [0, 0.1) is 0 Å². The van der Waals surface area contributed by atoms with Gasteiger partial charge in [-0.2, -0.15) is 0 Å². The lowest BCUT2D eigenvalue weighted by molar-refractivity contribution is 0.103. The van der Waals surface area contributed by atoms with Crippen molar-refractivity contribution in [2.45, 2.75) is 13.3 Å². The molecule has 0 saturated heterocycles. The number of rotatable bonds is 4. The van der Waals surface area contributed by atoms with Gasteiger partial charge in [0.2, 0.25) is 0 Å². The molecule has 0 unspecified atom stereocenters. The Balaban J connectivity index is 2.18. The normalized spacial score (nSPS) is 11.4. The predicted octanol–water partition coefficient (Wildman–Crippen LogP) is 3.42. The van der Waals surface area contributed by atoms with E-state index in [0.717, 1.165) is 6.42 Å². The Bertz CT molecular complexity index is 697. The van der Waals surface area contributed by atoms with Crippen molar-refractivity contribution in [3.63, 3.8) is 0 Å². The first kappa shape index (κ1) is 15.5. The summed E-state index contributed by atoms with van der Waals surface area (Å²) in [5, 5.41) is 14.4. The third-order valence-electron chi connectivity index (χ3n) is 2.85. The number of halogens is 1. The third-order valence-corrected chi connectivity index (χ3v) is 4.74. The van der Waals surface area contributed by atoms with Crippen molar-refractivity contribution in [2.75, 3.05) is 5.32 Å². The van der Waals surface area contributed by atoms with Crippen molar-refractivity contribution in [3.8, 4) is 0 Å². The summed E-state index contributed by atoms with van der Waals surface area (Å²) < 4.78 is 0.659. The Labute approximate surface area is 134 Å². The zero-order valence-corrected chi connectivity index (χ0v) is 13.7.